The summed E-state index contributed by atoms with van der Waals surface area (Å²) in [4.78, 5) is 29.6. The third-order valence-corrected chi connectivity index (χ3v) is 6.37. The largest absolute Gasteiger partial charge is 0.462 e. The van der Waals surface area contributed by atoms with Crippen molar-refractivity contribution in [2.24, 2.45) is 5.92 Å². The van der Waals surface area contributed by atoms with Crippen LogP contribution in [0.4, 0.5) is 14.6 Å². The summed E-state index contributed by atoms with van der Waals surface area (Å²) in [5, 5.41) is 9.42. The van der Waals surface area contributed by atoms with Crippen molar-refractivity contribution in [2.75, 3.05) is 24.6 Å². The first kappa shape index (κ1) is 25.0. The van der Waals surface area contributed by atoms with Gasteiger partial charge in [0.1, 0.15) is 17.6 Å². The number of anilines is 1. The molecule has 1 amide bonds. The van der Waals surface area contributed by atoms with E-state index in [4.69, 9.17) is 4.74 Å². The van der Waals surface area contributed by atoms with Gasteiger partial charge in [0, 0.05) is 13.1 Å². The first-order valence-corrected chi connectivity index (χ1v) is 11.9. The average Bonchev–Trinajstić information content (AvgIpc) is 2.73. The number of nitrogens with zero attached hydrogens (tertiary/aromatic N) is 3. The van der Waals surface area contributed by atoms with Crippen LogP contribution in [0.25, 0.3) is 0 Å². The number of sulfonamides is 1. The van der Waals surface area contributed by atoms with Crippen molar-refractivity contribution in [1.29, 1.82) is 5.26 Å². The molecule has 1 aromatic carbocycles. The quantitative estimate of drug-likeness (QED) is 0.557. The molecule has 1 N–H and O–H groups in total. The molecule has 0 saturated carbocycles. The van der Waals surface area contributed by atoms with Crippen molar-refractivity contribution in [3.63, 3.8) is 0 Å². The van der Waals surface area contributed by atoms with Crippen molar-refractivity contribution < 1.29 is 31.5 Å². The number of nitriles is 1. The van der Waals surface area contributed by atoms with Gasteiger partial charge >= 0.3 is 5.97 Å². The minimum atomic E-state index is -3.94. The fourth-order valence-electron chi connectivity index (χ4n) is 3.37. The Labute approximate surface area is 195 Å². The van der Waals surface area contributed by atoms with Gasteiger partial charge in [-0.3, -0.25) is 9.52 Å². The van der Waals surface area contributed by atoms with E-state index in [2.05, 4.69) is 4.98 Å². The molecule has 2 aromatic rings. The number of ether oxygens (including phenoxy) is 1. The average molecular weight is 493 g/mol. The highest BCUT2D eigenvalue weighted by Crippen LogP contribution is 2.31. The number of nitrogens with one attached hydrogen (secondary N) is 1. The van der Waals surface area contributed by atoms with E-state index in [1.807, 2.05) is 17.7 Å². The van der Waals surface area contributed by atoms with Crippen LogP contribution in [0.3, 0.4) is 0 Å². The Morgan fingerprint density at radius 3 is 2.50 bits per heavy atom. The Balaban J connectivity index is 1.71. The third-order valence-electron chi connectivity index (χ3n) is 5.14. The van der Waals surface area contributed by atoms with Crippen molar-refractivity contribution in [1.82, 2.24) is 9.71 Å². The molecular weight excluding hydrogens is 470 g/mol. The summed E-state index contributed by atoms with van der Waals surface area (Å²) in [6.07, 6.45) is -3.10. The summed E-state index contributed by atoms with van der Waals surface area (Å²) in [5.74, 6) is -2.99. The van der Waals surface area contributed by atoms with Crippen molar-refractivity contribution in [3.8, 4) is 6.07 Å². The number of carbonyl (C=O) groups is 2. The van der Waals surface area contributed by atoms with Crippen LogP contribution < -0.4 is 9.62 Å². The second-order valence-corrected chi connectivity index (χ2v) is 9.46. The lowest BCUT2D eigenvalue weighted by molar-refractivity contribution is -0.123. The van der Waals surface area contributed by atoms with Gasteiger partial charge in [-0.2, -0.15) is 5.26 Å². The molecule has 3 rings (SSSR count). The highest BCUT2D eigenvalue weighted by molar-refractivity contribution is 7.89. The van der Waals surface area contributed by atoms with Crippen LogP contribution in [0, 0.1) is 24.2 Å². The van der Waals surface area contributed by atoms with Crippen LogP contribution in [0.1, 0.15) is 46.1 Å². The topological polar surface area (TPSA) is 129 Å². The molecule has 1 aliphatic heterocycles. The SMILES string of the molecule is CCOC(=O)c1cc(C#N)c(N2CC(C(=O)NS(=O)(=O)Cc3ccc(C)cc3)C2)nc1C(F)F. The number of carbonyl (C=O) groups excluding carboxylic acids is 2. The highest BCUT2D eigenvalue weighted by atomic mass is 32.2. The Morgan fingerprint density at radius 2 is 1.94 bits per heavy atom. The number of amides is 1. The molecule has 9 nitrogen and oxygen atoms in total. The summed E-state index contributed by atoms with van der Waals surface area (Å²) in [5.41, 5.74) is 0.00842. The van der Waals surface area contributed by atoms with Crippen LogP contribution >= 0.6 is 0 Å². The lowest BCUT2D eigenvalue weighted by Crippen LogP contribution is -2.55. The zero-order valence-corrected chi connectivity index (χ0v) is 19.2. The predicted octanol–water partition coefficient (Wildman–Crippen LogP) is 2.46. The number of aryl methyl sites for hydroxylation is 1. The smallest absolute Gasteiger partial charge is 0.340 e. The van der Waals surface area contributed by atoms with Crippen molar-refractivity contribution >= 4 is 27.7 Å². The van der Waals surface area contributed by atoms with Gasteiger partial charge in [-0.25, -0.2) is 27.0 Å². The minimum Gasteiger partial charge on any atom is -0.462 e. The molecule has 2 heterocycles. The van der Waals surface area contributed by atoms with E-state index in [1.165, 1.54) is 11.8 Å². The second-order valence-electron chi connectivity index (χ2n) is 7.74. The van der Waals surface area contributed by atoms with E-state index in [0.29, 0.717) is 5.56 Å². The highest BCUT2D eigenvalue weighted by Gasteiger charge is 2.37. The molecule has 1 aliphatic rings. The molecule has 34 heavy (non-hydrogen) atoms. The van der Waals surface area contributed by atoms with Crippen LogP contribution in [0.2, 0.25) is 0 Å². The first-order valence-electron chi connectivity index (χ1n) is 10.3. The Hall–Kier alpha value is -3.59. The lowest BCUT2D eigenvalue weighted by atomic mass is 9.98. The number of hydrogen-bond acceptors (Lipinski definition) is 8. The number of pyridine rings is 1. The predicted molar refractivity (Wildman–Crippen MR) is 118 cm³/mol. The first-order chi connectivity index (χ1) is 16.0. The Morgan fingerprint density at radius 1 is 1.29 bits per heavy atom. The van der Waals surface area contributed by atoms with Gasteiger partial charge in [-0.1, -0.05) is 29.8 Å². The number of rotatable bonds is 8. The number of halogens is 2. The van der Waals surface area contributed by atoms with Gasteiger partial charge in [0.05, 0.1) is 29.4 Å². The second kappa shape index (κ2) is 10.1. The van der Waals surface area contributed by atoms with Crippen LogP contribution in [-0.4, -0.2) is 45.0 Å². The lowest BCUT2D eigenvalue weighted by Gasteiger charge is -2.39. The van der Waals surface area contributed by atoms with Gasteiger partial charge in [0.2, 0.25) is 15.9 Å². The molecule has 0 bridgehead atoms. The van der Waals surface area contributed by atoms with Gasteiger partial charge in [0.25, 0.3) is 6.43 Å². The number of aromatic nitrogens is 1. The summed E-state index contributed by atoms with van der Waals surface area (Å²) in [6, 6.07) is 9.62. The van der Waals surface area contributed by atoms with Gasteiger partial charge in [-0.15, -0.1) is 0 Å². The summed E-state index contributed by atoms with van der Waals surface area (Å²) in [6.45, 7) is 3.27. The molecule has 0 radical (unpaired) electrons. The molecular formula is C22H22F2N4O5S. The van der Waals surface area contributed by atoms with E-state index < -0.39 is 45.5 Å². The number of benzene rings is 1. The summed E-state index contributed by atoms with van der Waals surface area (Å²) in [7, 11) is -3.94. The molecule has 12 heteroatoms. The normalized spacial score (nSPS) is 13.8. The van der Waals surface area contributed by atoms with Gasteiger partial charge in [0.15, 0.2) is 0 Å². The number of alkyl halides is 2. The molecule has 1 saturated heterocycles. The Kier molecular flexibility index (Phi) is 7.46. The molecule has 1 aromatic heterocycles. The van der Waals surface area contributed by atoms with Crippen LogP contribution in [-0.2, 0) is 25.3 Å². The maximum Gasteiger partial charge on any atom is 0.340 e. The maximum absolute atomic E-state index is 13.5. The third kappa shape index (κ3) is 5.66. The van der Waals surface area contributed by atoms with E-state index in [-0.39, 0.29) is 36.8 Å². The van der Waals surface area contributed by atoms with Gasteiger partial charge in [-0.05, 0) is 25.5 Å². The van der Waals surface area contributed by atoms with E-state index in [1.54, 1.807) is 24.3 Å². The summed E-state index contributed by atoms with van der Waals surface area (Å²) >= 11 is 0. The van der Waals surface area contributed by atoms with Crippen LogP contribution in [0.5, 0.6) is 0 Å². The molecule has 180 valence electrons. The maximum atomic E-state index is 13.5. The van der Waals surface area contributed by atoms with Crippen molar-refractivity contribution in [2.45, 2.75) is 26.0 Å². The molecule has 0 unspecified atom stereocenters. The molecule has 1 fully saturated rings. The van der Waals surface area contributed by atoms with E-state index in [9.17, 15) is 32.0 Å². The fourth-order valence-corrected chi connectivity index (χ4v) is 4.55. The minimum absolute atomic E-state index is 0.0327. The zero-order valence-electron chi connectivity index (χ0n) is 18.4. The standard InChI is InChI=1S/C22H22F2N4O5S/c1-3-33-22(30)17-8-15(9-25)20(26-18(17)19(23)24)28-10-16(11-28)21(29)27-34(31,32)12-14-6-4-13(2)5-7-14/h4-8,16,19H,3,10-12H2,1-2H3,(H,27,29). The monoisotopic (exact) mass is 492 g/mol. The molecule has 0 atom stereocenters. The summed E-state index contributed by atoms with van der Waals surface area (Å²) < 4.78 is 58.5. The molecule has 0 aliphatic carbocycles. The van der Waals surface area contributed by atoms with Gasteiger partial charge < -0.3 is 9.64 Å². The van der Waals surface area contributed by atoms with Crippen molar-refractivity contribution in [3.05, 3.63) is 58.3 Å². The van der Waals surface area contributed by atoms with E-state index in [0.717, 1.165) is 11.6 Å². The van der Waals surface area contributed by atoms with Crippen LogP contribution in [0.15, 0.2) is 30.3 Å². The fraction of sp³-hybridized carbons (Fsp3) is 0.364. The number of esters is 1. The molecule has 0 spiro atoms. The van der Waals surface area contributed by atoms with E-state index >= 15 is 0 Å². The zero-order chi connectivity index (χ0) is 25.0. The number of hydrogen-bond donors (Lipinski definition) is 1. The Bertz CT molecular complexity index is 1240.